The highest BCUT2D eigenvalue weighted by atomic mass is 79.9. The number of hydrogen-bond donors (Lipinski definition) is 0. The van der Waals surface area contributed by atoms with Gasteiger partial charge in [-0.05, 0) is 35.6 Å². The van der Waals surface area contributed by atoms with E-state index in [4.69, 9.17) is 11.6 Å². The summed E-state index contributed by atoms with van der Waals surface area (Å²) in [5, 5.41) is 0.185. The molecule has 1 unspecified atom stereocenters. The van der Waals surface area contributed by atoms with E-state index in [0.29, 0.717) is 0 Å². The third-order valence-electron chi connectivity index (χ3n) is 3.35. The quantitative estimate of drug-likeness (QED) is 0.552. The van der Waals surface area contributed by atoms with Crippen LogP contribution in [0.3, 0.4) is 0 Å². The predicted molar refractivity (Wildman–Crippen MR) is 87.2 cm³/mol. The molecule has 2 rings (SSSR count). The Morgan fingerprint density at radius 3 is 2.50 bits per heavy atom. The third kappa shape index (κ3) is 3.62. The largest absolute Gasteiger partial charge is 0.205 e. The second-order valence-electron chi connectivity index (χ2n) is 4.85. The standard InChI is InChI=1S/C17H17BrClF/c1-2-3-5-12-8-10-13(11-9-12)16(18)14-6-4-7-15(20)17(14)19/h4,6-11,16H,2-3,5H2,1H3. The van der Waals surface area contributed by atoms with Crippen molar-refractivity contribution in [1.82, 2.24) is 0 Å². The molecule has 0 aliphatic carbocycles. The number of unbranched alkanes of at least 4 members (excludes halogenated alkanes) is 1. The summed E-state index contributed by atoms with van der Waals surface area (Å²) in [7, 11) is 0. The van der Waals surface area contributed by atoms with Crippen LogP contribution in [-0.2, 0) is 6.42 Å². The van der Waals surface area contributed by atoms with E-state index in [1.54, 1.807) is 6.07 Å². The molecular weight excluding hydrogens is 339 g/mol. The Kier molecular flexibility index (Phi) is 5.62. The minimum Gasteiger partial charge on any atom is -0.205 e. The van der Waals surface area contributed by atoms with Gasteiger partial charge >= 0.3 is 0 Å². The molecule has 0 N–H and O–H groups in total. The summed E-state index contributed by atoms with van der Waals surface area (Å²) in [6, 6.07) is 13.3. The number of benzene rings is 2. The molecule has 0 nitrogen and oxygen atoms in total. The van der Waals surface area contributed by atoms with Gasteiger partial charge in [-0.3, -0.25) is 0 Å². The highest BCUT2D eigenvalue weighted by Gasteiger charge is 2.15. The first kappa shape index (κ1) is 15.5. The number of halogens is 3. The van der Waals surface area contributed by atoms with Crippen LogP contribution in [-0.4, -0.2) is 0 Å². The zero-order chi connectivity index (χ0) is 14.5. The van der Waals surface area contributed by atoms with Gasteiger partial charge in [-0.1, -0.05) is 77.3 Å². The molecule has 20 heavy (non-hydrogen) atoms. The lowest BCUT2D eigenvalue weighted by Gasteiger charge is -2.13. The summed E-state index contributed by atoms with van der Waals surface area (Å²) in [6.45, 7) is 2.19. The molecule has 0 spiro atoms. The summed E-state index contributed by atoms with van der Waals surface area (Å²) in [5.41, 5.74) is 3.17. The van der Waals surface area contributed by atoms with E-state index in [-0.39, 0.29) is 15.7 Å². The van der Waals surface area contributed by atoms with Gasteiger partial charge in [-0.25, -0.2) is 4.39 Å². The molecule has 0 fully saturated rings. The Bertz CT molecular complexity index is 566. The van der Waals surface area contributed by atoms with Crippen LogP contribution in [0.2, 0.25) is 5.02 Å². The van der Waals surface area contributed by atoms with Crippen molar-refractivity contribution in [2.45, 2.75) is 31.0 Å². The lowest BCUT2D eigenvalue weighted by Crippen LogP contribution is -1.96. The van der Waals surface area contributed by atoms with Crippen molar-refractivity contribution in [2.24, 2.45) is 0 Å². The molecule has 0 aromatic heterocycles. The maximum atomic E-state index is 13.5. The Balaban J connectivity index is 2.20. The van der Waals surface area contributed by atoms with Crippen LogP contribution in [0.15, 0.2) is 42.5 Å². The number of aryl methyl sites for hydroxylation is 1. The second-order valence-corrected chi connectivity index (χ2v) is 6.14. The van der Waals surface area contributed by atoms with Gasteiger partial charge in [0.05, 0.1) is 9.85 Å². The Morgan fingerprint density at radius 1 is 1.15 bits per heavy atom. The molecule has 1 atom stereocenters. The topological polar surface area (TPSA) is 0 Å². The Labute approximate surface area is 133 Å². The van der Waals surface area contributed by atoms with Crippen LogP contribution < -0.4 is 0 Å². The number of alkyl halides is 1. The Morgan fingerprint density at radius 2 is 1.85 bits per heavy atom. The minimum absolute atomic E-state index is 0.0917. The Hall–Kier alpha value is -0.860. The van der Waals surface area contributed by atoms with E-state index in [9.17, 15) is 4.39 Å². The second kappa shape index (κ2) is 7.24. The zero-order valence-corrected chi connectivity index (χ0v) is 13.7. The molecule has 0 aliphatic rings. The molecule has 0 amide bonds. The van der Waals surface area contributed by atoms with Crippen LogP contribution in [0.5, 0.6) is 0 Å². The normalized spacial score (nSPS) is 12.4. The molecule has 3 heteroatoms. The highest BCUT2D eigenvalue weighted by Crippen LogP contribution is 2.36. The van der Waals surface area contributed by atoms with Crippen molar-refractivity contribution in [2.75, 3.05) is 0 Å². The summed E-state index contributed by atoms with van der Waals surface area (Å²) in [6.07, 6.45) is 3.50. The lowest BCUT2D eigenvalue weighted by molar-refractivity contribution is 0.626. The van der Waals surface area contributed by atoms with Gasteiger partial charge in [0.1, 0.15) is 5.82 Å². The van der Waals surface area contributed by atoms with Crippen molar-refractivity contribution in [1.29, 1.82) is 0 Å². The van der Waals surface area contributed by atoms with Crippen molar-refractivity contribution < 1.29 is 4.39 Å². The van der Waals surface area contributed by atoms with Crippen LogP contribution >= 0.6 is 27.5 Å². The maximum absolute atomic E-state index is 13.5. The van der Waals surface area contributed by atoms with Gasteiger partial charge < -0.3 is 0 Å². The van der Waals surface area contributed by atoms with E-state index >= 15 is 0 Å². The molecule has 106 valence electrons. The smallest absolute Gasteiger partial charge is 0.142 e. The predicted octanol–water partition coefficient (Wildman–Crippen LogP) is 6.31. The zero-order valence-electron chi connectivity index (χ0n) is 11.4. The van der Waals surface area contributed by atoms with E-state index in [1.165, 1.54) is 24.5 Å². The van der Waals surface area contributed by atoms with Crippen LogP contribution in [0.4, 0.5) is 4.39 Å². The molecule has 0 heterocycles. The van der Waals surface area contributed by atoms with E-state index in [1.807, 2.05) is 6.07 Å². The first-order valence-corrected chi connectivity index (χ1v) is 8.09. The van der Waals surface area contributed by atoms with E-state index < -0.39 is 0 Å². The molecule has 0 aliphatic heterocycles. The van der Waals surface area contributed by atoms with Crippen molar-refractivity contribution in [3.8, 4) is 0 Å². The van der Waals surface area contributed by atoms with Gasteiger partial charge in [0.2, 0.25) is 0 Å². The van der Waals surface area contributed by atoms with Crippen molar-refractivity contribution in [3.63, 3.8) is 0 Å². The monoisotopic (exact) mass is 354 g/mol. The average molecular weight is 356 g/mol. The minimum atomic E-state index is -0.381. The number of hydrogen-bond acceptors (Lipinski definition) is 0. The maximum Gasteiger partial charge on any atom is 0.142 e. The molecule has 0 saturated carbocycles. The first-order valence-electron chi connectivity index (χ1n) is 6.80. The molecule has 0 radical (unpaired) electrons. The fourth-order valence-corrected chi connectivity index (χ4v) is 3.18. The lowest BCUT2D eigenvalue weighted by atomic mass is 10.0. The van der Waals surface area contributed by atoms with Crippen molar-refractivity contribution >= 4 is 27.5 Å². The average Bonchev–Trinajstić information content (AvgIpc) is 2.48. The molecule has 2 aromatic rings. The van der Waals surface area contributed by atoms with Gasteiger partial charge in [-0.15, -0.1) is 0 Å². The van der Waals surface area contributed by atoms with Crippen LogP contribution in [0.1, 0.15) is 41.3 Å². The van der Waals surface area contributed by atoms with Gasteiger partial charge in [0, 0.05) is 0 Å². The number of rotatable bonds is 5. The van der Waals surface area contributed by atoms with Gasteiger partial charge in [0.15, 0.2) is 0 Å². The molecule has 0 bridgehead atoms. The molecular formula is C17H17BrClF. The van der Waals surface area contributed by atoms with E-state index in [0.717, 1.165) is 17.5 Å². The van der Waals surface area contributed by atoms with Gasteiger partial charge in [0.25, 0.3) is 0 Å². The van der Waals surface area contributed by atoms with Gasteiger partial charge in [-0.2, -0.15) is 0 Å². The SMILES string of the molecule is CCCCc1ccc(C(Br)c2cccc(F)c2Cl)cc1. The highest BCUT2D eigenvalue weighted by molar-refractivity contribution is 9.09. The summed E-state index contributed by atoms with van der Waals surface area (Å²) < 4.78 is 13.5. The third-order valence-corrected chi connectivity index (χ3v) is 4.77. The van der Waals surface area contributed by atoms with Crippen LogP contribution in [0.25, 0.3) is 0 Å². The first-order chi connectivity index (χ1) is 9.63. The summed E-state index contributed by atoms with van der Waals surface area (Å²) in [5.74, 6) is -0.381. The van der Waals surface area contributed by atoms with Crippen molar-refractivity contribution in [3.05, 3.63) is 70.0 Å². The van der Waals surface area contributed by atoms with E-state index in [2.05, 4.69) is 47.1 Å². The fourth-order valence-electron chi connectivity index (χ4n) is 2.13. The summed E-state index contributed by atoms with van der Waals surface area (Å²) in [4.78, 5) is -0.0917. The molecule has 0 saturated heterocycles. The molecule has 2 aromatic carbocycles. The van der Waals surface area contributed by atoms with Crippen LogP contribution in [0, 0.1) is 5.82 Å². The summed E-state index contributed by atoms with van der Waals surface area (Å²) >= 11 is 9.64. The fraction of sp³-hybridized carbons (Fsp3) is 0.294.